The van der Waals surface area contributed by atoms with Crippen molar-refractivity contribution in [3.8, 4) is 11.3 Å². The van der Waals surface area contributed by atoms with Crippen LogP contribution in [-0.2, 0) is 0 Å². The van der Waals surface area contributed by atoms with E-state index < -0.39 is 12.0 Å². The number of rotatable bonds is 3. The van der Waals surface area contributed by atoms with Gasteiger partial charge in [0.25, 0.3) is 0 Å². The average molecular weight is 261 g/mol. The van der Waals surface area contributed by atoms with Crippen LogP contribution < -0.4 is 10.6 Å². The zero-order chi connectivity index (χ0) is 14.0. The number of hydrogen-bond donors (Lipinski definition) is 2. The lowest BCUT2D eigenvalue weighted by Crippen LogP contribution is -2.32. The summed E-state index contributed by atoms with van der Waals surface area (Å²) in [4.78, 5) is 23.2. The highest BCUT2D eigenvalue weighted by Gasteiger charge is 2.17. The summed E-state index contributed by atoms with van der Waals surface area (Å²) in [6.45, 7) is 0. The molecule has 7 nitrogen and oxygen atoms in total. The molecule has 0 saturated heterocycles. The number of amides is 2. The van der Waals surface area contributed by atoms with Crippen LogP contribution in [0.25, 0.3) is 11.3 Å². The highest BCUT2D eigenvalue weighted by Crippen LogP contribution is 2.29. The summed E-state index contributed by atoms with van der Waals surface area (Å²) in [6.07, 6.45) is 0. The van der Waals surface area contributed by atoms with Gasteiger partial charge in [-0.1, -0.05) is 23.4 Å². The SMILES string of the molecule is CN(C(N)=O)c1ccccc1-c1cc(C(=O)O)on1. The summed E-state index contributed by atoms with van der Waals surface area (Å²) in [6, 6.07) is 7.50. The molecule has 19 heavy (non-hydrogen) atoms. The van der Waals surface area contributed by atoms with Gasteiger partial charge in [-0.2, -0.15) is 0 Å². The lowest BCUT2D eigenvalue weighted by atomic mass is 10.1. The third kappa shape index (κ3) is 2.39. The van der Waals surface area contributed by atoms with E-state index >= 15 is 0 Å². The summed E-state index contributed by atoms with van der Waals surface area (Å²) in [5.41, 5.74) is 6.61. The summed E-state index contributed by atoms with van der Waals surface area (Å²) in [5.74, 6) is -1.48. The standard InChI is InChI=1S/C12H11N3O4/c1-15(12(13)18)9-5-3-2-4-7(9)8-6-10(11(16)17)19-14-8/h2-6H,1H3,(H2,13,18)(H,16,17). The number of carbonyl (C=O) groups excluding carboxylic acids is 1. The second-order valence-electron chi connectivity index (χ2n) is 3.80. The minimum atomic E-state index is -1.21. The monoisotopic (exact) mass is 261 g/mol. The molecule has 0 spiro atoms. The summed E-state index contributed by atoms with van der Waals surface area (Å²) < 4.78 is 4.69. The Morgan fingerprint density at radius 1 is 1.37 bits per heavy atom. The maximum Gasteiger partial charge on any atom is 0.374 e. The van der Waals surface area contributed by atoms with Crippen molar-refractivity contribution in [2.45, 2.75) is 0 Å². The Morgan fingerprint density at radius 2 is 2.05 bits per heavy atom. The Morgan fingerprint density at radius 3 is 2.63 bits per heavy atom. The van der Waals surface area contributed by atoms with E-state index in [0.717, 1.165) is 0 Å². The zero-order valence-corrected chi connectivity index (χ0v) is 10.0. The number of para-hydroxylation sites is 1. The third-order valence-electron chi connectivity index (χ3n) is 2.59. The van der Waals surface area contributed by atoms with E-state index in [-0.39, 0.29) is 5.76 Å². The van der Waals surface area contributed by atoms with Gasteiger partial charge in [0.2, 0.25) is 5.76 Å². The average Bonchev–Trinajstić information content (AvgIpc) is 2.87. The van der Waals surface area contributed by atoms with Crippen LogP contribution >= 0.6 is 0 Å². The van der Waals surface area contributed by atoms with E-state index in [1.807, 2.05) is 0 Å². The minimum absolute atomic E-state index is 0.272. The van der Waals surface area contributed by atoms with Crippen molar-refractivity contribution < 1.29 is 19.2 Å². The number of carbonyl (C=O) groups is 2. The van der Waals surface area contributed by atoms with Crippen molar-refractivity contribution in [2.75, 3.05) is 11.9 Å². The lowest BCUT2D eigenvalue weighted by Gasteiger charge is -2.17. The minimum Gasteiger partial charge on any atom is -0.475 e. The number of aromatic nitrogens is 1. The summed E-state index contributed by atoms with van der Waals surface area (Å²) in [5, 5.41) is 12.5. The normalized spacial score (nSPS) is 10.2. The summed E-state index contributed by atoms with van der Waals surface area (Å²) >= 11 is 0. The van der Waals surface area contributed by atoms with E-state index in [1.165, 1.54) is 18.0 Å². The van der Waals surface area contributed by atoms with Crippen LogP contribution in [0.3, 0.4) is 0 Å². The van der Waals surface area contributed by atoms with Gasteiger partial charge in [-0.3, -0.25) is 4.90 Å². The first kappa shape index (κ1) is 12.6. The number of benzene rings is 1. The molecule has 2 amide bonds. The number of carboxylic acid groups (broad SMARTS) is 1. The van der Waals surface area contributed by atoms with Crippen molar-refractivity contribution in [3.05, 3.63) is 36.1 Å². The zero-order valence-electron chi connectivity index (χ0n) is 10.0. The maximum atomic E-state index is 11.2. The molecule has 0 bridgehead atoms. The molecule has 0 fully saturated rings. The highest BCUT2D eigenvalue weighted by atomic mass is 16.5. The predicted molar refractivity (Wildman–Crippen MR) is 66.9 cm³/mol. The van der Waals surface area contributed by atoms with Gasteiger partial charge in [0.1, 0.15) is 5.69 Å². The fourth-order valence-electron chi connectivity index (χ4n) is 1.60. The molecular formula is C12H11N3O4. The van der Waals surface area contributed by atoms with Crippen molar-refractivity contribution in [1.82, 2.24) is 5.16 Å². The molecule has 98 valence electrons. The first-order valence-corrected chi connectivity index (χ1v) is 5.33. The van der Waals surface area contributed by atoms with Crippen molar-refractivity contribution >= 4 is 17.7 Å². The van der Waals surface area contributed by atoms with E-state index in [2.05, 4.69) is 5.16 Å². The topological polar surface area (TPSA) is 110 Å². The smallest absolute Gasteiger partial charge is 0.374 e. The number of nitrogens with zero attached hydrogens (tertiary/aromatic N) is 2. The van der Waals surface area contributed by atoms with Crippen LogP contribution in [-0.4, -0.2) is 29.3 Å². The van der Waals surface area contributed by atoms with Crippen LogP contribution in [0.1, 0.15) is 10.6 Å². The van der Waals surface area contributed by atoms with Crippen molar-refractivity contribution in [2.24, 2.45) is 5.73 Å². The van der Waals surface area contributed by atoms with E-state index in [4.69, 9.17) is 15.4 Å². The molecule has 0 atom stereocenters. The van der Waals surface area contributed by atoms with E-state index in [0.29, 0.717) is 16.9 Å². The van der Waals surface area contributed by atoms with Crippen molar-refractivity contribution in [3.63, 3.8) is 0 Å². The molecule has 0 unspecified atom stereocenters. The second kappa shape index (κ2) is 4.81. The van der Waals surface area contributed by atoms with Gasteiger partial charge in [-0.15, -0.1) is 0 Å². The molecule has 2 rings (SSSR count). The maximum absolute atomic E-state index is 11.2. The van der Waals surface area contributed by atoms with E-state index in [1.54, 1.807) is 24.3 Å². The molecule has 7 heteroatoms. The predicted octanol–water partition coefficient (Wildman–Crippen LogP) is 1.55. The largest absolute Gasteiger partial charge is 0.475 e. The Kier molecular flexibility index (Phi) is 3.19. The first-order valence-electron chi connectivity index (χ1n) is 5.33. The fraction of sp³-hybridized carbons (Fsp3) is 0.0833. The Bertz CT molecular complexity index is 635. The molecular weight excluding hydrogens is 250 g/mol. The molecule has 0 aliphatic carbocycles. The lowest BCUT2D eigenvalue weighted by molar-refractivity contribution is 0.0652. The highest BCUT2D eigenvalue weighted by molar-refractivity contribution is 5.95. The number of aromatic carboxylic acids is 1. The van der Waals surface area contributed by atoms with Gasteiger partial charge in [0.05, 0.1) is 5.69 Å². The number of hydrogen-bond acceptors (Lipinski definition) is 4. The van der Waals surface area contributed by atoms with E-state index in [9.17, 15) is 9.59 Å². The Labute approximate surface area is 108 Å². The van der Waals surface area contributed by atoms with Crippen LogP contribution in [0.5, 0.6) is 0 Å². The molecule has 1 heterocycles. The molecule has 0 radical (unpaired) electrons. The quantitative estimate of drug-likeness (QED) is 0.871. The number of nitrogens with two attached hydrogens (primary N) is 1. The van der Waals surface area contributed by atoms with Crippen LogP contribution in [0.2, 0.25) is 0 Å². The molecule has 1 aromatic heterocycles. The molecule has 0 aliphatic rings. The molecule has 2 aromatic rings. The van der Waals surface area contributed by atoms with Crippen LogP contribution in [0, 0.1) is 0 Å². The van der Waals surface area contributed by atoms with Gasteiger partial charge in [0.15, 0.2) is 0 Å². The Hall–Kier alpha value is -2.83. The van der Waals surface area contributed by atoms with Crippen LogP contribution in [0.4, 0.5) is 10.5 Å². The van der Waals surface area contributed by atoms with Gasteiger partial charge < -0.3 is 15.4 Å². The number of primary amides is 1. The molecule has 0 aliphatic heterocycles. The number of urea groups is 1. The number of anilines is 1. The van der Waals surface area contributed by atoms with Gasteiger partial charge >= 0.3 is 12.0 Å². The molecule has 1 aromatic carbocycles. The van der Waals surface area contributed by atoms with Crippen LogP contribution in [0.15, 0.2) is 34.9 Å². The van der Waals surface area contributed by atoms with Gasteiger partial charge in [-0.25, -0.2) is 9.59 Å². The summed E-state index contributed by atoms with van der Waals surface area (Å²) in [7, 11) is 1.51. The van der Waals surface area contributed by atoms with Crippen molar-refractivity contribution in [1.29, 1.82) is 0 Å². The first-order chi connectivity index (χ1) is 9.00. The fourth-order valence-corrected chi connectivity index (χ4v) is 1.60. The van der Waals surface area contributed by atoms with Gasteiger partial charge in [-0.05, 0) is 6.07 Å². The third-order valence-corrected chi connectivity index (χ3v) is 2.59. The Balaban J connectivity index is 2.49. The van der Waals surface area contributed by atoms with Gasteiger partial charge in [0, 0.05) is 18.7 Å². The second-order valence-corrected chi connectivity index (χ2v) is 3.80. The number of carboxylic acids is 1. The molecule has 3 N–H and O–H groups in total. The molecule has 0 saturated carbocycles.